The molecule has 58 heavy (non-hydrogen) atoms. The third-order valence-corrected chi connectivity index (χ3v) is 15.7. The molecule has 0 aliphatic carbocycles. The number of ketones is 1. The lowest BCUT2D eigenvalue weighted by Gasteiger charge is -2.52. The molecule has 5 rings (SSSR count). The summed E-state index contributed by atoms with van der Waals surface area (Å²) < 4.78 is 61.8. The van der Waals surface area contributed by atoms with Crippen molar-refractivity contribution >= 4 is 21.8 Å². The molecule has 0 aromatic carbocycles. The van der Waals surface area contributed by atoms with Crippen LogP contribution in [-0.4, -0.2) is 114 Å². The zero-order valence-corrected chi connectivity index (χ0v) is 37.7. The molecular formula is C44H75NO12S. The maximum atomic E-state index is 14.5. The molecule has 0 amide bonds. The van der Waals surface area contributed by atoms with Gasteiger partial charge in [-0.05, 0) is 96.0 Å². The van der Waals surface area contributed by atoms with Crippen LogP contribution in [0.2, 0.25) is 0 Å². The van der Waals surface area contributed by atoms with Gasteiger partial charge in [-0.15, -0.1) is 0 Å². The van der Waals surface area contributed by atoms with Gasteiger partial charge in [0.25, 0.3) is 0 Å². The van der Waals surface area contributed by atoms with Crippen LogP contribution in [-0.2, 0) is 43.3 Å². The Morgan fingerprint density at radius 3 is 2.16 bits per heavy atom. The summed E-state index contributed by atoms with van der Waals surface area (Å²) in [4.78, 5) is 26.5. The average molecular weight is 842 g/mol. The molecule has 19 atom stereocenters. The number of aliphatic hydroxyl groups excluding tert-OH is 1. The second-order valence-corrected chi connectivity index (χ2v) is 20.9. The van der Waals surface area contributed by atoms with Crippen molar-refractivity contribution in [2.24, 2.45) is 41.4 Å². The Morgan fingerprint density at radius 1 is 0.897 bits per heavy atom. The predicted octanol–water partition coefficient (Wildman–Crippen LogP) is 5.79. The van der Waals surface area contributed by atoms with Crippen LogP contribution >= 0.6 is 0 Å². The van der Waals surface area contributed by atoms with Crippen LogP contribution in [0.4, 0.5) is 0 Å². The minimum Gasteiger partial charge on any atom is -0.481 e. The van der Waals surface area contributed by atoms with Crippen molar-refractivity contribution in [3.8, 4) is 0 Å². The van der Waals surface area contributed by atoms with Gasteiger partial charge in [-0.1, -0.05) is 61.5 Å². The molecule has 5 aliphatic rings. The molecule has 14 heteroatoms. The fourth-order valence-corrected chi connectivity index (χ4v) is 11.7. The lowest BCUT2D eigenvalue weighted by molar-refractivity contribution is -0.327. The van der Waals surface area contributed by atoms with Crippen molar-refractivity contribution in [2.45, 2.75) is 205 Å². The number of ether oxygens (including phenoxy) is 5. The quantitative estimate of drug-likeness (QED) is 0.146. The zero-order valence-electron chi connectivity index (χ0n) is 36.9. The van der Waals surface area contributed by atoms with Crippen LogP contribution in [0.15, 0.2) is 12.2 Å². The Balaban J connectivity index is 1.35. The fourth-order valence-electron chi connectivity index (χ4n) is 11.0. The highest BCUT2D eigenvalue weighted by Crippen LogP contribution is 2.49. The van der Waals surface area contributed by atoms with Crippen LogP contribution in [0.25, 0.3) is 0 Å². The largest absolute Gasteiger partial charge is 0.481 e. The molecule has 5 heterocycles. The minimum atomic E-state index is -3.65. The van der Waals surface area contributed by atoms with E-state index in [1.807, 2.05) is 48.5 Å². The van der Waals surface area contributed by atoms with E-state index in [0.717, 1.165) is 12.7 Å². The van der Waals surface area contributed by atoms with Crippen molar-refractivity contribution < 1.29 is 57.0 Å². The summed E-state index contributed by atoms with van der Waals surface area (Å²) in [6.07, 6.45) is 6.53. The van der Waals surface area contributed by atoms with E-state index in [1.54, 1.807) is 19.1 Å². The Hall–Kier alpha value is -1.49. The van der Waals surface area contributed by atoms with Gasteiger partial charge in [-0.2, -0.15) is 0 Å². The molecule has 4 fully saturated rings. The number of carboxylic acid groups (broad SMARTS) is 1. The number of aliphatic hydroxyl groups is 2. The molecule has 0 aromatic heterocycles. The molecule has 0 saturated carbocycles. The summed E-state index contributed by atoms with van der Waals surface area (Å²) in [5, 5.41) is 32.7. The first kappa shape index (κ1) is 47.6. The molecule has 5 aliphatic heterocycles. The predicted molar refractivity (Wildman–Crippen MR) is 219 cm³/mol. The zero-order chi connectivity index (χ0) is 43.1. The fraction of sp³-hybridized carbons (Fsp3) is 0.909. The number of carboxylic acids is 1. The van der Waals surface area contributed by atoms with Crippen LogP contribution < -0.4 is 4.72 Å². The number of carbonyl (C=O) groups excluding carboxylic acids is 1. The Bertz CT molecular complexity index is 1580. The highest BCUT2D eigenvalue weighted by molar-refractivity contribution is 7.88. The first-order chi connectivity index (χ1) is 27.0. The molecule has 1 spiro atoms. The number of hydrogen-bond donors (Lipinski definition) is 4. The summed E-state index contributed by atoms with van der Waals surface area (Å²) in [7, 11) is -3.65. The molecule has 4 N–H and O–H groups in total. The monoisotopic (exact) mass is 842 g/mol. The highest BCUT2D eigenvalue weighted by Gasteiger charge is 2.57. The summed E-state index contributed by atoms with van der Waals surface area (Å²) in [6.45, 7) is 19.5. The van der Waals surface area contributed by atoms with Gasteiger partial charge in [0.15, 0.2) is 5.79 Å². The van der Waals surface area contributed by atoms with Gasteiger partial charge < -0.3 is 39.0 Å². The van der Waals surface area contributed by atoms with Gasteiger partial charge in [0.2, 0.25) is 10.0 Å². The van der Waals surface area contributed by atoms with Gasteiger partial charge in [0.1, 0.15) is 11.9 Å². The number of rotatable bonds is 15. The van der Waals surface area contributed by atoms with Crippen LogP contribution in [0.1, 0.15) is 133 Å². The summed E-state index contributed by atoms with van der Waals surface area (Å²) in [6, 6.07) is -0.731. The van der Waals surface area contributed by atoms with Gasteiger partial charge in [-0.3, -0.25) is 9.59 Å². The van der Waals surface area contributed by atoms with E-state index in [0.29, 0.717) is 57.8 Å². The molecule has 13 nitrogen and oxygen atoms in total. The number of Topliss-reactive ketones (excluding diaryl/α,β-unsaturated/α-hetero) is 1. The van der Waals surface area contributed by atoms with E-state index in [9.17, 15) is 33.3 Å². The second kappa shape index (κ2) is 18.5. The molecular weight excluding hydrogens is 767 g/mol. The first-order valence-corrected chi connectivity index (χ1v) is 24.1. The van der Waals surface area contributed by atoms with Crippen LogP contribution in [0, 0.1) is 41.4 Å². The third-order valence-electron chi connectivity index (χ3n) is 15.0. The van der Waals surface area contributed by atoms with Gasteiger partial charge in [0, 0.05) is 23.7 Å². The van der Waals surface area contributed by atoms with Crippen molar-refractivity contribution in [1.82, 2.24) is 4.72 Å². The smallest absolute Gasteiger partial charge is 0.309 e. The molecule has 4 saturated heterocycles. The normalized spacial score (nSPS) is 43.7. The number of nitrogens with one attached hydrogen (secondary N) is 1. The number of aliphatic carboxylic acids is 1. The second-order valence-electron chi connectivity index (χ2n) is 19.1. The molecule has 2 unspecified atom stereocenters. The number of hydrogen-bond acceptors (Lipinski definition) is 11. The first-order valence-electron chi connectivity index (χ1n) is 22.2. The summed E-state index contributed by atoms with van der Waals surface area (Å²) in [5.74, 6) is -4.70. The minimum absolute atomic E-state index is 0.0266. The van der Waals surface area contributed by atoms with Gasteiger partial charge in [-0.25, -0.2) is 13.1 Å². The number of carbonyl (C=O) groups is 2. The van der Waals surface area contributed by atoms with Gasteiger partial charge in [0.05, 0.1) is 72.1 Å². The van der Waals surface area contributed by atoms with Crippen LogP contribution in [0.3, 0.4) is 0 Å². The Labute approximate surface area is 347 Å². The molecule has 0 aromatic rings. The van der Waals surface area contributed by atoms with E-state index in [1.165, 1.54) is 0 Å². The SMILES string of the molecule is CC[C@@H](C(=O)[C@@H](C)[C@@H](O)[C@H](C)[C@@H]1O[C@@H]([C@@H](CC)C(=O)O)CC[C@@H]1C)[C@H]1O[C@]2(C=C[C@@H](NS(C)(=O)=O)C(C3CC[C@@](C)([C@H]4CC[C@](O)(CC)[C@H](C)O4)O3)O2)[C@H](C)C[C@@H]1C. The van der Waals surface area contributed by atoms with E-state index in [-0.39, 0.29) is 35.7 Å². The average Bonchev–Trinajstić information content (AvgIpc) is 3.57. The van der Waals surface area contributed by atoms with E-state index < -0.39 is 99.3 Å². The van der Waals surface area contributed by atoms with E-state index >= 15 is 0 Å². The Kier molecular flexibility index (Phi) is 15.1. The summed E-state index contributed by atoms with van der Waals surface area (Å²) >= 11 is 0. The van der Waals surface area contributed by atoms with E-state index in [4.69, 9.17) is 23.7 Å². The van der Waals surface area contributed by atoms with Crippen molar-refractivity contribution in [1.29, 1.82) is 0 Å². The van der Waals surface area contributed by atoms with Crippen molar-refractivity contribution in [2.75, 3.05) is 6.26 Å². The van der Waals surface area contributed by atoms with Crippen LogP contribution in [0.5, 0.6) is 0 Å². The highest BCUT2D eigenvalue weighted by atomic mass is 32.2. The topological polar surface area (TPSA) is 187 Å². The maximum Gasteiger partial charge on any atom is 0.309 e. The number of sulfonamides is 1. The molecule has 0 radical (unpaired) electrons. The van der Waals surface area contributed by atoms with Gasteiger partial charge >= 0.3 is 5.97 Å². The third kappa shape index (κ3) is 9.75. The van der Waals surface area contributed by atoms with Crippen molar-refractivity contribution in [3.05, 3.63) is 12.2 Å². The Morgan fingerprint density at radius 2 is 1.57 bits per heavy atom. The maximum absolute atomic E-state index is 14.5. The molecule has 334 valence electrons. The lowest BCUT2D eigenvalue weighted by atomic mass is 9.72. The van der Waals surface area contributed by atoms with E-state index in [2.05, 4.69) is 18.6 Å². The standard InChI is InChI=1S/C44H75NO12S/c1-12-30(41(48)49)33-16-15-24(4)38(54-33)28(8)36(46)27(7)37(47)31(13-2)39-25(5)23-26(6)44(56-39)22-17-32(45-58(11,51)52)40(57-44)34-18-20-42(10,55-34)35-19-21-43(50,14-3)29(9)53-35/h17,22,24-36,38-40,45-46,50H,12-16,18-21,23H2,1-11H3,(H,48,49)/t24-,25-,26+,27-,28-,29-,30+,31-,32+,33+,34?,35+,36+,38+,39-,40?,42-,43+,44-/m0/s1. The lowest BCUT2D eigenvalue weighted by Crippen LogP contribution is -2.62. The summed E-state index contributed by atoms with van der Waals surface area (Å²) in [5.41, 5.74) is -1.57. The molecule has 0 bridgehead atoms. The van der Waals surface area contributed by atoms with Crippen molar-refractivity contribution in [3.63, 3.8) is 0 Å².